The lowest BCUT2D eigenvalue weighted by atomic mass is 9.96. The Kier molecular flexibility index (Phi) is 4.17. The lowest BCUT2D eigenvalue weighted by Gasteiger charge is -2.34. The highest BCUT2D eigenvalue weighted by Crippen LogP contribution is 2.32. The zero-order valence-electron chi connectivity index (χ0n) is 14.3. The summed E-state index contributed by atoms with van der Waals surface area (Å²) >= 11 is 0. The van der Waals surface area contributed by atoms with Crippen molar-refractivity contribution >= 4 is 11.8 Å². The van der Waals surface area contributed by atoms with Crippen LogP contribution in [0.2, 0.25) is 0 Å². The lowest BCUT2D eigenvalue weighted by Crippen LogP contribution is -2.57. The van der Waals surface area contributed by atoms with Crippen LogP contribution in [0.5, 0.6) is 0 Å². The molecule has 1 saturated heterocycles. The number of nitrogens with zero attached hydrogens (tertiary/aromatic N) is 3. The van der Waals surface area contributed by atoms with Crippen LogP contribution >= 0.6 is 0 Å². The van der Waals surface area contributed by atoms with Gasteiger partial charge in [0.05, 0.1) is 11.3 Å². The summed E-state index contributed by atoms with van der Waals surface area (Å²) < 4.78 is 1.65. The van der Waals surface area contributed by atoms with Gasteiger partial charge in [0.15, 0.2) is 0 Å². The Hall–Kier alpha value is -1.85. The maximum atomic E-state index is 12.9. The molecule has 2 aliphatic rings. The molecule has 0 aromatic carbocycles. The second-order valence-electron chi connectivity index (χ2n) is 7.09. The van der Waals surface area contributed by atoms with E-state index in [4.69, 9.17) is 0 Å². The number of likely N-dealkylation sites (tertiary alicyclic amines) is 1. The highest BCUT2D eigenvalue weighted by atomic mass is 16.2. The number of carbonyl (C=O) groups excluding carboxylic acids is 2. The fraction of sp³-hybridized carbons (Fsp3) is 0.706. The first-order chi connectivity index (χ1) is 10.9. The first-order valence-electron chi connectivity index (χ1n) is 8.55. The van der Waals surface area contributed by atoms with Crippen LogP contribution in [-0.2, 0) is 11.8 Å². The van der Waals surface area contributed by atoms with E-state index in [9.17, 15) is 9.59 Å². The molecule has 0 bridgehead atoms. The van der Waals surface area contributed by atoms with Gasteiger partial charge < -0.3 is 10.2 Å². The molecule has 3 rings (SSSR count). The van der Waals surface area contributed by atoms with E-state index >= 15 is 0 Å². The molecule has 2 fully saturated rings. The SMILES string of the molecule is Cc1nn(C)cc1C(=O)N1CCCC1(C)C(=O)NC1CCCC1. The Morgan fingerprint density at radius 1 is 1.30 bits per heavy atom. The first kappa shape index (κ1) is 16.0. The summed E-state index contributed by atoms with van der Waals surface area (Å²) in [5.41, 5.74) is 0.555. The molecule has 1 aromatic heterocycles. The van der Waals surface area contributed by atoms with Crippen molar-refractivity contribution in [1.82, 2.24) is 20.0 Å². The molecule has 2 amide bonds. The van der Waals surface area contributed by atoms with E-state index in [0.717, 1.165) is 25.7 Å². The number of amides is 2. The van der Waals surface area contributed by atoms with Crippen molar-refractivity contribution in [2.75, 3.05) is 6.54 Å². The number of hydrogen-bond acceptors (Lipinski definition) is 3. The standard InChI is InChI=1S/C17H26N4O2/c1-12-14(11-20(3)19-12)15(22)21-10-6-9-17(21,2)16(23)18-13-7-4-5-8-13/h11,13H,4-10H2,1-3H3,(H,18,23). The fourth-order valence-corrected chi connectivity index (χ4v) is 3.89. The van der Waals surface area contributed by atoms with Gasteiger partial charge in [-0.15, -0.1) is 0 Å². The van der Waals surface area contributed by atoms with Gasteiger partial charge in [-0.3, -0.25) is 14.3 Å². The maximum Gasteiger partial charge on any atom is 0.258 e. The molecule has 1 aliphatic carbocycles. The first-order valence-corrected chi connectivity index (χ1v) is 8.55. The van der Waals surface area contributed by atoms with Crippen LogP contribution in [0.3, 0.4) is 0 Å². The van der Waals surface area contributed by atoms with Crippen LogP contribution in [0.1, 0.15) is 61.5 Å². The molecule has 2 heterocycles. The van der Waals surface area contributed by atoms with Crippen molar-refractivity contribution in [2.45, 2.75) is 64.0 Å². The van der Waals surface area contributed by atoms with Crippen LogP contribution in [0.15, 0.2) is 6.20 Å². The predicted octanol–water partition coefficient (Wildman–Crippen LogP) is 1.78. The van der Waals surface area contributed by atoms with Crippen LogP contribution in [0.4, 0.5) is 0 Å². The van der Waals surface area contributed by atoms with Crippen LogP contribution in [0, 0.1) is 6.92 Å². The summed E-state index contributed by atoms with van der Waals surface area (Å²) in [7, 11) is 1.81. The van der Waals surface area contributed by atoms with Crippen LogP contribution < -0.4 is 5.32 Å². The molecule has 1 aromatic rings. The zero-order valence-corrected chi connectivity index (χ0v) is 14.3. The normalized spacial score (nSPS) is 25.1. The van der Waals surface area contributed by atoms with Crippen molar-refractivity contribution < 1.29 is 9.59 Å². The number of aryl methyl sites for hydroxylation is 2. The summed E-state index contributed by atoms with van der Waals surface area (Å²) in [5, 5.41) is 7.41. The third kappa shape index (κ3) is 2.86. The van der Waals surface area contributed by atoms with Crippen LogP contribution in [0.25, 0.3) is 0 Å². The fourth-order valence-electron chi connectivity index (χ4n) is 3.89. The third-order valence-electron chi connectivity index (χ3n) is 5.31. The van der Waals surface area contributed by atoms with Gasteiger partial charge in [0.25, 0.3) is 5.91 Å². The second kappa shape index (κ2) is 5.98. The zero-order chi connectivity index (χ0) is 16.6. The Bertz CT molecular complexity index is 618. The van der Waals surface area contributed by atoms with Gasteiger partial charge >= 0.3 is 0 Å². The molecular weight excluding hydrogens is 292 g/mol. The Labute approximate surface area is 137 Å². The van der Waals surface area contributed by atoms with Gasteiger partial charge in [-0.1, -0.05) is 12.8 Å². The summed E-state index contributed by atoms with van der Waals surface area (Å²) in [6.45, 7) is 4.36. The van der Waals surface area contributed by atoms with Gasteiger partial charge in [-0.25, -0.2) is 0 Å². The molecule has 6 nitrogen and oxygen atoms in total. The predicted molar refractivity (Wildman–Crippen MR) is 87.0 cm³/mol. The number of nitrogens with one attached hydrogen (secondary N) is 1. The minimum atomic E-state index is -0.748. The van der Waals surface area contributed by atoms with E-state index in [1.165, 1.54) is 12.8 Å². The minimum absolute atomic E-state index is 0.00297. The monoisotopic (exact) mass is 318 g/mol. The largest absolute Gasteiger partial charge is 0.351 e. The third-order valence-corrected chi connectivity index (χ3v) is 5.31. The topological polar surface area (TPSA) is 67.2 Å². The van der Waals surface area contributed by atoms with Crippen molar-refractivity contribution in [1.29, 1.82) is 0 Å². The number of hydrogen-bond donors (Lipinski definition) is 1. The molecule has 1 atom stereocenters. The van der Waals surface area contributed by atoms with E-state index < -0.39 is 5.54 Å². The average Bonchev–Trinajstić information content (AvgIpc) is 3.20. The molecule has 126 valence electrons. The van der Waals surface area contributed by atoms with Gasteiger partial charge in [0.1, 0.15) is 5.54 Å². The quantitative estimate of drug-likeness (QED) is 0.924. The Morgan fingerprint density at radius 2 is 2.00 bits per heavy atom. The van der Waals surface area contributed by atoms with Crippen molar-refractivity contribution in [3.8, 4) is 0 Å². The highest BCUT2D eigenvalue weighted by molar-refractivity contribution is 6.00. The summed E-state index contributed by atoms with van der Waals surface area (Å²) in [4.78, 5) is 27.5. The van der Waals surface area contributed by atoms with E-state index in [2.05, 4.69) is 10.4 Å². The maximum absolute atomic E-state index is 12.9. The summed E-state index contributed by atoms with van der Waals surface area (Å²) in [6.07, 6.45) is 7.79. The molecule has 1 unspecified atom stereocenters. The van der Waals surface area contributed by atoms with E-state index in [1.807, 2.05) is 13.8 Å². The number of aromatic nitrogens is 2. The average molecular weight is 318 g/mol. The molecule has 23 heavy (non-hydrogen) atoms. The number of carbonyl (C=O) groups is 2. The van der Waals surface area contributed by atoms with Crippen molar-refractivity contribution in [3.05, 3.63) is 17.5 Å². The van der Waals surface area contributed by atoms with E-state index in [1.54, 1.807) is 22.8 Å². The highest BCUT2D eigenvalue weighted by Gasteiger charge is 2.46. The van der Waals surface area contributed by atoms with E-state index in [0.29, 0.717) is 17.8 Å². The molecule has 0 spiro atoms. The molecule has 1 N–H and O–H groups in total. The van der Waals surface area contributed by atoms with Gasteiger partial charge in [0, 0.05) is 25.8 Å². The minimum Gasteiger partial charge on any atom is -0.351 e. The van der Waals surface area contributed by atoms with E-state index in [-0.39, 0.29) is 17.9 Å². The smallest absolute Gasteiger partial charge is 0.258 e. The molecule has 0 radical (unpaired) electrons. The van der Waals surface area contributed by atoms with Crippen LogP contribution in [-0.4, -0.2) is 44.6 Å². The van der Waals surface area contributed by atoms with Crippen molar-refractivity contribution in [3.63, 3.8) is 0 Å². The van der Waals surface area contributed by atoms with Gasteiger partial charge in [-0.2, -0.15) is 5.10 Å². The molecule has 1 aliphatic heterocycles. The van der Waals surface area contributed by atoms with Crippen molar-refractivity contribution in [2.24, 2.45) is 7.05 Å². The molecule has 6 heteroatoms. The Morgan fingerprint density at radius 3 is 2.61 bits per heavy atom. The lowest BCUT2D eigenvalue weighted by molar-refractivity contribution is -0.130. The molecular formula is C17H26N4O2. The summed E-state index contributed by atoms with van der Waals surface area (Å²) in [5.74, 6) is -0.0889. The second-order valence-corrected chi connectivity index (χ2v) is 7.09. The molecule has 1 saturated carbocycles. The summed E-state index contributed by atoms with van der Waals surface area (Å²) in [6, 6.07) is 0.275. The van der Waals surface area contributed by atoms with Gasteiger partial charge in [-0.05, 0) is 39.5 Å². The van der Waals surface area contributed by atoms with Gasteiger partial charge in [0.2, 0.25) is 5.91 Å². The Balaban J connectivity index is 1.79. The number of rotatable bonds is 3.